The summed E-state index contributed by atoms with van der Waals surface area (Å²) >= 11 is 3.63. The minimum atomic E-state index is 0.837. The average Bonchev–Trinajstić information content (AvgIpc) is 2.57. The summed E-state index contributed by atoms with van der Waals surface area (Å²) in [5.41, 5.74) is 2.34. The van der Waals surface area contributed by atoms with Gasteiger partial charge in [0.05, 0.1) is 15.9 Å². The highest BCUT2D eigenvalue weighted by molar-refractivity contribution is 9.10. The smallest absolute Gasteiger partial charge is 0.0739 e. The van der Waals surface area contributed by atoms with Gasteiger partial charge in [-0.05, 0) is 61.8 Å². The van der Waals surface area contributed by atoms with Crippen LogP contribution >= 0.6 is 15.9 Å². The first kappa shape index (κ1) is 14.0. The Hall–Kier alpha value is -0.390. The van der Waals surface area contributed by atoms with Gasteiger partial charge in [0.25, 0.3) is 0 Å². The molecular formula is C13H23BrN4. The molecule has 0 spiro atoms. The third-order valence-electron chi connectivity index (χ3n) is 3.71. The quantitative estimate of drug-likeness (QED) is 0.921. The van der Waals surface area contributed by atoms with Crippen LogP contribution in [0.2, 0.25) is 0 Å². The summed E-state index contributed by atoms with van der Waals surface area (Å²) in [6.07, 6.45) is 2.60. The largest absolute Gasteiger partial charge is 0.317 e. The highest BCUT2D eigenvalue weighted by Crippen LogP contribution is 2.22. The minimum absolute atomic E-state index is 0.837. The van der Waals surface area contributed by atoms with E-state index in [-0.39, 0.29) is 0 Å². The van der Waals surface area contributed by atoms with Crippen LogP contribution in [0.3, 0.4) is 0 Å². The molecule has 1 aliphatic rings. The van der Waals surface area contributed by atoms with Gasteiger partial charge in [-0.15, -0.1) is 0 Å². The molecular weight excluding hydrogens is 292 g/mol. The van der Waals surface area contributed by atoms with Crippen molar-refractivity contribution in [1.29, 1.82) is 0 Å². The van der Waals surface area contributed by atoms with Crippen LogP contribution in [0.1, 0.15) is 24.2 Å². The molecule has 0 amide bonds. The Morgan fingerprint density at radius 2 is 2.11 bits per heavy atom. The highest BCUT2D eigenvalue weighted by atomic mass is 79.9. The predicted octanol–water partition coefficient (Wildman–Crippen LogP) is 1.92. The molecule has 1 aromatic rings. The number of nitrogens with one attached hydrogen (secondary N) is 1. The van der Waals surface area contributed by atoms with Crippen molar-refractivity contribution in [2.24, 2.45) is 13.0 Å². The molecule has 4 nitrogen and oxygen atoms in total. The average molecular weight is 315 g/mol. The molecule has 1 aromatic heterocycles. The van der Waals surface area contributed by atoms with Crippen LogP contribution in [-0.4, -0.2) is 41.4 Å². The number of halogens is 1. The van der Waals surface area contributed by atoms with E-state index in [9.17, 15) is 0 Å². The van der Waals surface area contributed by atoms with Crippen molar-refractivity contribution >= 4 is 15.9 Å². The van der Waals surface area contributed by atoms with E-state index in [0.29, 0.717) is 0 Å². The van der Waals surface area contributed by atoms with E-state index < -0.39 is 0 Å². The van der Waals surface area contributed by atoms with Crippen molar-refractivity contribution in [3.8, 4) is 0 Å². The second kappa shape index (κ2) is 6.17. The van der Waals surface area contributed by atoms with Gasteiger partial charge in [0.15, 0.2) is 0 Å². The summed E-state index contributed by atoms with van der Waals surface area (Å²) in [5, 5.41) is 7.86. The van der Waals surface area contributed by atoms with Gasteiger partial charge < -0.3 is 10.2 Å². The fraction of sp³-hybridized carbons (Fsp3) is 0.769. The number of nitrogens with zero attached hydrogens (tertiary/aromatic N) is 3. The van der Waals surface area contributed by atoms with E-state index in [1.54, 1.807) is 0 Å². The van der Waals surface area contributed by atoms with Crippen molar-refractivity contribution in [2.45, 2.75) is 26.3 Å². The summed E-state index contributed by atoms with van der Waals surface area (Å²) in [7, 11) is 4.22. The topological polar surface area (TPSA) is 33.1 Å². The molecule has 5 heteroatoms. The molecule has 2 rings (SSSR count). The van der Waals surface area contributed by atoms with Gasteiger partial charge in [0.2, 0.25) is 0 Å². The van der Waals surface area contributed by atoms with Gasteiger partial charge in [-0.1, -0.05) is 0 Å². The molecule has 1 fully saturated rings. The summed E-state index contributed by atoms with van der Waals surface area (Å²) in [4.78, 5) is 2.41. The van der Waals surface area contributed by atoms with Crippen molar-refractivity contribution in [3.05, 3.63) is 15.9 Å². The molecule has 0 unspecified atom stereocenters. The second-order valence-corrected chi connectivity index (χ2v) is 6.15. The highest BCUT2D eigenvalue weighted by Gasteiger charge is 2.17. The predicted molar refractivity (Wildman–Crippen MR) is 77.6 cm³/mol. The number of aromatic nitrogens is 2. The Labute approximate surface area is 118 Å². The summed E-state index contributed by atoms with van der Waals surface area (Å²) in [6, 6.07) is 0. The summed E-state index contributed by atoms with van der Waals surface area (Å²) in [6.45, 7) is 6.53. The van der Waals surface area contributed by atoms with E-state index in [0.717, 1.165) is 22.6 Å². The Bertz CT molecular complexity index is 396. The molecule has 0 saturated carbocycles. The van der Waals surface area contributed by atoms with E-state index >= 15 is 0 Å². The normalized spacial score (nSPS) is 17.6. The number of hydrogen-bond acceptors (Lipinski definition) is 3. The third kappa shape index (κ3) is 3.33. The molecule has 18 heavy (non-hydrogen) atoms. The molecule has 0 atom stereocenters. The van der Waals surface area contributed by atoms with E-state index in [1.165, 1.54) is 38.2 Å². The lowest BCUT2D eigenvalue weighted by molar-refractivity contribution is 0.230. The van der Waals surface area contributed by atoms with E-state index in [1.807, 2.05) is 18.7 Å². The lowest BCUT2D eigenvalue weighted by Crippen LogP contribution is -2.34. The minimum Gasteiger partial charge on any atom is -0.317 e. The van der Waals surface area contributed by atoms with Crippen molar-refractivity contribution in [1.82, 2.24) is 20.0 Å². The lowest BCUT2D eigenvalue weighted by Gasteiger charge is -2.27. The van der Waals surface area contributed by atoms with Crippen molar-refractivity contribution in [2.75, 3.05) is 26.7 Å². The summed E-state index contributed by atoms with van der Waals surface area (Å²) < 4.78 is 3.14. The number of aryl methyl sites for hydroxylation is 2. The van der Waals surface area contributed by atoms with Crippen LogP contribution < -0.4 is 5.32 Å². The Balaban J connectivity index is 1.91. The van der Waals surface area contributed by atoms with Gasteiger partial charge in [0, 0.05) is 20.1 Å². The van der Waals surface area contributed by atoms with E-state index in [2.05, 4.69) is 38.3 Å². The SMILES string of the molecule is Cc1nn(C)c(CN(C)CC2CCNCC2)c1Br. The lowest BCUT2D eigenvalue weighted by atomic mass is 9.98. The zero-order chi connectivity index (χ0) is 13.1. The zero-order valence-corrected chi connectivity index (χ0v) is 13.1. The van der Waals surface area contributed by atoms with E-state index in [4.69, 9.17) is 0 Å². The molecule has 0 radical (unpaired) electrons. The third-order valence-corrected chi connectivity index (χ3v) is 4.74. The maximum absolute atomic E-state index is 4.44. The fourth-order valence-corrected chi connectivity index (χ4v) is 3.14. The molecule has 1 N–H and O–H groups in total. The van der Waals surface area contributed by atoms with Crippen LogP contribution in [-0.2, 0) is 13.6 Å². The maximum Gasteiger partial charge on any atom is 0.0739 e. The Morgan fingerprint density at radius 1 is 1.44 bits per heavy atom. The first-order valence-corrected chi connectivity index (χ1v) is 7.44. The molecule has 0 aliphatic carbocycles. The summed E-state index contributed by atoms with van der Waals surface area (Å²) in [5.74, 6) is 0.837. The molecule has 1 saturated heterocycles. The van der Waals surface area contributed by atoms with Gasteiger partial charge in [-0.3, -0.25) is 4.68 Å². The van der Waals surface area contributed by atoms with Crippen molar-refractivity contribution < 1.29 is 0 Å². The molecule has 2 heterocycles. The van der Waals surface area contributed by atoms with Crippen molar-refractivity contribution in [3.63, 3.8) is 0 Å². The van der Waals surface area contributed by atoms with Gasteiger partial charge in [0.1, 0.15) is 0 Å². The number of rotatable bonds is 4. The monoisotopic (exact) mass is 314 g/mol. The van der Waals surface area contributed by atoms with Crippen LogP contribution in [0.4, 0.5) is 0 Å². The zero-order valence-electron chi connectivity index (χ0n) is 11.5. The Kier molecular flexibility index (Phi) is 4.81. The van der Waals surface area contributed by atoms with Crippen LogP contribution in [0, 0.1) is 12.8 Å². The maximum atomic E-state index is 4.44. The van der Waals surface area contributed by atoms with Crippen LogP contribution in [0.5, 0.6) is 0 Å². The first-order chi connectivity index (χ1) is 8.58. The van der Waals surface area contributed by atoms with Crippen LogP contribution in [0.15, 0.2) is 4.47 Å². The fourth-order valence-electron chi connectivity index (χ4n) is 2.68. The van der Waals surface area contributed by atoms with Gasteiger partial charge in [-0.2, -0.15) is 5.10 Å². The second-order valence-electron chi connectivity index (χ2n) is 5.36. The van der Waals surface area contributed by atoms with Gasteiger partial charge >= 0.3 is 0 Å². The molecule has 0 aromatic carbocycles. The number of piperidine rings is 1. The van der Waals surface area contributed by atoms with Gasteiger partial charge in [-0.25, -0.2) is 0 Å². The molecule has 102 valence electrons. The molecule has 0 bridgehead atoms. The van der Waals surface area contributed by atoms with Crippen LogP contribution in [0.25, 0.3) is 0 Å². The first-order valence-electron chi connectivity index (χ1n) is 6.65. The number of hydrogen-bond donors (Lipinski definition) is 1. The molecule has 1 aliphatic heterocycles. The standard InChI is InChI=1S/C13H23BrN4/c1-10-13(14)12(18(3)16-10)9-17(2)8-11-4-6-15-7-5-11/h11,15H,4-9H2,1-3H3. The Morgan fingerprint density at radius 3 is 2.67 bits per heavy atom.